The molecule has 0 amide bonds. The molecule has 0 N–H and O–H groups in total. The van der Waals surface area contributed by atoms with E-state index in [9.17, 15) is 10.1 Å². The summed E-state index contributed by atoms with van der Waals surface area (Å²) in [5.41, 5.74) is 1.27. The first-order chi connectivity index (χ1) is 6.65. The van der Waals surface area contributed by atoms with E-state index in [0.29, 0.717) is 4.47 Å². The molecule has 3 nitrogen and oxygen atoms in total. The minimum absolute atomic E-state index is 0.130. The van der Waals surface area contributed by atoms with E-state index < -0.39 is 0 Å². The van der Waals surface area contributed by atoms with Gasteiger partial charge in [0.2, 0.25) is 0 Å². The molecule has 0 saturated heterocycles. The monoisotopic (exact) mass is 257 g/mol. The van der Waals surface area contributed by atoms with Gasteiger partial charge in [-0.05, 0) is 40.4 Å². The van der Waals surface area contributed by atoms with Crippen molar-refractivity contribution >= 4 is 21.6 Å². The van der Waals surface area contributed by atoms with Gasteiger partial charge in [-0.2, -0.15) is 0 Å². The molecule has 0 atom stereocenters. The molecule has 0 heterocycles. The Morgan fingerprint density at radius 3 is 2.71 bits per heavy atom. The van der Waals surface area contributed by atoms with Crippen LogP contribution in [0.5, 0.6) is 0 Å². The molecule has 1 aromatic carbocycles. The summed E-state index contributed by atoms with van der Waals surface area (Å²) in [5, 5.41) is 10.5. The maximum Gasteiger partial charge on any atom is 0.283 e. The van der Waals surface area contributed by atoms with E-state index in [2.05, 4.69) is 22.9 Å². The Balaban J connectivity index is 2.83. The van der Waals surface area contributed by atoms with Crippen molar-refractivity contribution in [2.24, 2.45) is 0 Å². The molecular weight excluding hydrogens is 246 g/mol. The van der Waals surface area contributed by atoms with Crippen molar-refractivity contribution in [3.63, 3.8) is 0 Å². The Kier molecular flexibility index (Phi) is 4.07. The zero-order valence-electron chi connectivity index (χ0n) is 8.00. The van der Waals surface area contributed by atoms with Crippen LogP contribution in [0.4, 0.5) is 5.69 Å². The molecule has 1 aromatic rings. The zero-order chi connectivity index (χ0) is 10.6. The zero-order valence-corrected chi connectivity index (χ0v) is 9.58. The fourth-order valence-electron chi connectivity index (χ4n) is 1.23. The van der Waals surface area contributed by atoms with Crippen molar-refractivity contribution in [3.05, 3.63) is 38.3 Å². The Bertz CT molecular complexity index is 339. The number of nitro benzene ring substituents is 1. The molecule has 0 unspecified atom stereocenters. The van der Waals surface area contributed by atoms with Gasteiger partial charge in [0.1, 0.15) is 0 Å². The molecule has 0 aliphatic rings. The van der Waals surface area contributed by atoms with Gasteiger partial charge in [-0.25, -0.2) is 0 Å². The van der Waals surface area contributed by atoms with Crippen LogP contribution in [0.15, 0.2) is 22.7 Å². The summed E-state index contributed by atoms with van der Waals surface area (Å²) in [6, 6.07) is 5.20. The van der Waals surface area contributed by atoms with Gasteiger partial charge in [-0.15, -0.1) is 0 Å². The Morgan fingerprint density at radius 2 is 2.21 bits per heavy atom. The van der Waals surface area contributed by atoms with Crippen LogP contribution in [0.25, 0.3) is 0 Å². The van der Waals surface area contributed by atoms with Crippen LogP contribution >= 0.6 is 15.9 Å². The molecule has 0 radical (unpaired) electrons. The van der Waals surface area contributed by atoms with E-state index in [4.69, 9.17) is 0 Å². The number of aryl methyl sites for hydroxylation is 1. The molecule has 0 aromatic heterocycles. The van der Waals surface area contributed by atoms with E-state index in [0.717, 1.165) is 24.8 Å². The first-order valence-electron chi connectivity index (χ1n) is 4.58. The molecule has 76 valence electrons. The van der Waals surface area contributed by atoms with Crippen LogP contribution in [0.1, 0.15) is 25.3 Å². The fraction of sp³-hybridized carbons (Fsp3) is 0.400. The SMILES string of the molecule is CCCCc1ccc([N+](=O)[O-])c(Br)c1. The van der Waals surface area contributed by atoms with Gasteiger partial charge >= 0.3 is 0 Å². The highest BCUT2D eigenvalue weighted by molar-refractivity contribution is 9.10. The minimum atomic E-state index is -0.381. The quantitative estimate of drug-likeness (QED) is 0.610. The first kappa shape index (κ1) is 11.2. The van der Waals surface area contributed by atoms with Gasteiger partial charge < -0.3 is 0 Å². The van der Waals surface area contributed by atoms with Crippen LogP contribution in [0.2, 0.25) is 0 Å². The Morgan fingerprint density at radius 1 is 1.50 bits per heavy atom. The third-order valence-electron chi connectivity index (χ3n) is 2.03. The van der Waals surface area contributed by atoms with Crippen molar-refractivity contribution in [2.45, 2.75) is 26.2 Å². The van der Waals surface area contributed by atoms with Crippen molar-refractivity contribution in [1.82, 2.24) is 0 Å². The summed E-state index contributed by atoms with van der Waals surface area (Å²) in [7, 11) is 0. The predicted molar refractivity (Wildman–Crippen MR) is 59.4 cm³/mol. The van der Waals surface area contributed by atoms with Crippen LogP contribution in [-0.2, 0) is 6.42 Å². The number of hydrogen-bond donors (Lipinski definition) is 0. The summed E-state index contributed by atoms with van der Waals surface area (Å²) in [4.78, 5) is 10.1. The lowest BCUT2D eigenvalue weighted by atomic mass is 10.1. The molecule has 0 fully saturated rings. The molecule has 0 spiro atoms. The van der Waals surface area contributed by atoms with Gasteiger partial charge in [0, 0.05) is 6.07 Å². The normalized spacial score (nSPS) is 10.1. The highest BCUT2D eigenvalue weighted by atomic mass is 79.9. The second kappa shape index (κ2) is 5.10. The van der Waals surface area contributed by atoms with E-state index in [1.165, 1.54) is 0 Å². The third-order valence-corrected chi connectivity index (χ3v) is 2.66. The lowest BCUT2D eigenvalue weighted by Gasteiger charge is -2.01. The summed E-state index contributed by atoms with van der Waals surface area (Å²) in [6.45, 7) is 2.13. The predicted octanol–water partition coefficient (Wildman–Crippen LogP) is 3.70. The number of benzene rings is 1. The van der Waals surface area contributed by atoms with Crippen LogP contribution in [0, 0.1) is 10.1 Å². The fourth-order valence-corrected chi connectivity index (χ4v) is 1.81. The van der Waals surface area contributed by atoms with Crippen LogP contribution in [-0.4, -0.2) is 4.92 Å². The lowest BCUT2D eigenvalue weighted by molar-refractivity contribution is -0.385. The Labute approximate surface area is 91.4 Å². The number of unbranched alkanes of at least 4 members (excludes halogenated alkanes) is 1. The van der Waals surface area contributed by atoms with Crippen molar-refractivity contribution in [2.75, 3.05) is 0 Å². The Hall–Kier alpha value is -0.900. The van der Waals surface area contributed by atoms with Gasteiger partial charge in [0.05, 0.1) is 9.40 Å². The van der Waals surface area contributed by atoms with E-state index >= 15 is 0 Å². The average molecular weight is 258 g/mol. The number of hydrogen-bond acceptors (Lipinski definition) is 2. The number of halogens is 1. The standard InChI is InChI=1S/C10H12BrNO2/c1-2-3-4-8-5-6-10(12(13)14)9(11)7-8/h5-7H,2-4H2,1H3. The minimum Gasteiger partial charge on any atom is -0.258 e. The van der Waals surface area contributed by atoms with Gasteiger partial charge in [0.25, 0.3) is 5.69 Å². The summed E-state index contributed by atoms with van der Waals surface area (Å²) < 4.78 is 0.566. The largest absolute Gasteiger partial charge is 0.283 e. The third kappa shape index (κ3) is 2.80. The maximum absolute atomic E-state index is 10.5. The van der Waals surface area contributed by atoms with Gasteiger partial charge in [-0.3, -0.25) is 10.1 Å². The smallest absolute Gasteiger partial charge is 0.258 e. The van der Waals surface area contributed by atoms with Crippen molar-refractivity contribution < 1.29 is 4.92 Å². The van der Waals surface area contributed by atoms with E-state index in [1.54, 1.807) is 6.07 Å². The topological polar surface area (TPSA) is 43.1 Å². The first-order valence-corrected chi connectivity index (χ1v) is 5.37. The number of nitro groups is 1. The molecule has 0 aliphatic carbocycles. The molecule has 14 heavy (non-hydrogen) atoms. The number of nitrogens with zero attached hydrogens (tertiary/aromatic N) is 1. The van der Waals surface area contributed by atoms with Crippen molar-refractivity contribution in [3.8, 4) is 0 Å². The average Bonchev–Trinajstić information content (AvgIpc) is 2.14. The molecule has 1 rings (SSSR count). The highest BCUT2D eigenvalue weighted by Crippen LogP contribution is 2.26. The van der Waals surface area contributed by atoms with Crippen molar-refractivity contribution in [1.29, 1.82) is 0 Å². The second-order valence-electron chi connectivity index (χ2n) is 3.15. The van der Waals surface area contributed by atoms with Gasteiger partial charge in [0.15, 0.2) is 0 Å². The summed E-state index contributed by atoms with van der Waals surface area (Å²) >= 11 is 3.20. The molecule has 4 heteroatoms. The molecule has 0 saturated carbocycles. The van der Waals surface area contributed by atoms with E-state index in [-0.39, 0.29) is 10.6 Å². The molecule has 0 bridgehead atoms. The molecule has 0 aliphatic heterocycles. The van der Waals surface area contributed by atoms with Crippen LogP contribution in [0.3, 0.4) is 0 Å². The summed E-state index contributed by atoms with van der Waals surface area (Å²) in [6.07, 6.45) is 3.23. The number of rotatable bonds is 4. The second-order valence-corrected chi connectivity index (χ2v) is 4.00. The van der Waals surface area contributed by atoms with E-state index in [1.807, 2.05) is 12.1 Å². The molecular formula is C10H12BrNO2. The lowest BCUT2D eigenvalue weighted by Crippen LogP contribution is -1.91. The summed E-state index contributed by atoms with van der Waals surface area (Å²) in [5.74, 6) is 0. The highest BCUT2D eigenvalue weighted by Gasteiger charge is 2.10. The van der Waals surface area contributed by atoms with Crippen LogP contribution < -0.4 is 0 Å². The maximum atomic E-state index is 10.5. The van der Waals surface area contributed by atoms with Gasteiger partial charge in [-0.1, -0.05) is 19.4 Å².